The monoisotopic (exact) mass is 943 g/mol. The first kappa shape index (κ1) is 65.9. The fourth-order valence-corrected chi connectivity index (χ4v) is 9.25. The maximum absolute atomic E-state index is 5.21. The van der Waals surface area contributed by atoms with Gasteiger partial charge < -0.3 is 24.8 Å². The zero-order valence-corrected chi connectivity index (χ0v) is 48.7. The third-order valence-corrected chi connectivity index (χ3v) is 15.1. The van der Waals surface area contributed by atoms with Gasteiger partial charge in [0.15, 0.2) is 0 Å². The number of hydrogen-bond donors (Lipinski definition) is 1. The molecular formula is C60H122N6O. The van der Waals surface area contributed by atoms with Gasteiger partial charge in [-0.2, -0.15) is 0 Å². The zero-order valence-electron chi connectivity index (χ0n) is 48.7. The Kier molecular flexibility index (Phi) is 40.9. The van der Waals surface area contributed by atoms with Crippen LogP contribution in [0.2, 0.25) is 0 Å². The summed E-state index contributed by atoms with van der Waals surface area (Å²) in [7, 11) is 4.15. The predicted molar refractivity (Wildman–Crippen MR) is 301 cm³/mol. The fraction of sp³-hybridized carbons (Fsp3) is 0.900. The van der Waals surface area contributed by atoms with Gasteiger partial charge in [0.25, 0.3) is 0 Å². The highest BCUT2D eigenvalue weighted by Gasteiger charge is 2.18. The summed E-state index contributed by atoms with van der Waals surface area (Å²) in [5.41, 5.74) is 1.41. The largest absolute Gasteiger partial charge is 0.379 e. The van der Waals surface area contributed by atoms with E-state index in [9.17, 15) is 0 Å². The van der Waals surface area contributed by atoms with Crippen molar-refractivity contribution in [2.45, 2.75) is 237 Å². The first-order valence-corrected chi connectivity index (χ1v) is 28.7. The lowest BCUT2D eigenvalue weighted by molar-refractivity contribution is 0.0238. The van der Waals surface area contributed by atoms with Gasteiger partial charge in [0.2, 0.25) is 0 Å². The highest BCUT2D eigenvalue weighted by atomic mass is 16.5. The van der Waals surface area contributed by atoms with Crippen molar-refractivity contribution < 1.29 is 4.74 Å². The van der Waals surface area contributed by atoms with Crippen LogP contribution in [0, 0.1) is 23.7 Å². The summed E-state index contributed by atoms with van der Waals surface area (Å²) in [5.74, 6) is 4.66. The maximum Gasteiger partial charge on any atom is 0.0594 e. The molecule has 1 N–H and O–H groups in total. The van der Waals surface area contributed by atoms with Crippen LogP contribution >= 0.6 is 0 Å². The van der Waals surface area contributed by atoms with Crippen LogP contribution in [0.25, 0.3) is 0 Å². The Morgan fingerprint density at radius 2 is 0.746 bits per heavy atom. The molecule has 2 saturated carbocycles. The number of hydrogen-bond acceptors (Lipinski definition) is 7. The van der Waals surface area contributed by atoms with Gasteiger partial charge >= 0.3 is 0 Å². The first-order valence-electron chi connectivity index (χ1n) is 28.7. The van der Waals surface area contributed by atoms with Crippen molar-refractivity contribution in [1.29, 1.82) is 0 Å². The lowest BCUT2D eigenvalue weighted by Crippen LogP contribution is -2.46. The molecule has 7 heteroatoms. The van der Waals surface area contributed by atoms with E-state index in [0.717, 1.165) is 81.2 Å². The number of ether oxygens (including phenoxy) is 1. The number of benzene rings is 1. The molecule has 7 rings (SSSR count). The highest BCUT2D eigenvalue weighted by Crippen LogP contribution is 2.30. The van der Waals surface area contributed by atoms with E-state index in [1.165, 1.54) is 135 Å². The molecule has 7 nitrogen and oxygen atoms in total. The van der Waals surface area contributed by atoms with Crippen LogP contribution < -0.4 is 5.32 Å². The van der Waals surface area contributed by atoms with Crippen molar-refractivity contribution in [3.8, 4) is 0 Å². The second-order valence-electron chi connectivity index (χ2n) is 23.2. The SMILES string of the molecule is CC(C)C1CCCC1.CC(C)C1CCCCC1.CC(C)N(C)C.CC(C)N1CCCC1.CC(C)N1CCCCC1.CC(C)N1CCNCC1.CC(C)N1CCOCC1.CC(C)c1ccccc1. The molecule has 0 radical (unpaired) electrons. The van der Waals surface area contributed by atoms with Crippen LogP contribution in [0.5, 0.6) is 0 Å². The third kappa shape index (κ3) is 35.7. The van der Waals surface area contributed by atoms with Crippen LogP contribution in [0.4, 0.5) is 0 Å². The smallest absolute Gasteiger partial charge is 0.0594 e. The molecule has 4 saturated heterocycles. The summed E-state index contributed by atoms with van der Waals surface area (Å²) >= 11 is 0. The van der Waals surface area contributed by atoms with Crippen LogP contribution in [-0.4, -0.2) is 147 Å². The molecule has 0 unspecified atom stereocenters. The lowest BCUT2D eigenvalue weighted by atomic mass is 9.82. The number of likely N-dealkylation sites (tertiary alicyclic amines) is 2. The Labute approximate surface area is 422 Å². The summed E-state index contributed by atoms with van der Waals surface area (Å²) < 4.78 is 5.21. The molecule has 0 aromatic heterocycles. The minimum absolute atomic E-state index is 0.659. The van der Waals surface area contributed by atoms with Crippen molar-refractivity contribution >= 4 is 0 Å². The molecule has 67 heavy (non-hydrogen) atoms. The van der Waals surface area contributed by atoms with Crippen LogP contribution in [-0.2, 0) is 4.74 Å². The molecule has 2 aliphatic carbocycles. The first-order chi connectivity index (χ1) is 31.8. The Balaban J connectivity index is 0.000000745. The van der Waals surface area contributed by atoms with Gasteiger partial charge in [-0.25, -0.2) is 0 Å². The number of nitrogens with zero attached hydrogens (tertiary/aromatic N) is 5. The van der Waals surface area contributed by atoms with E-state index < -0.39 is 0 Å². The minimum Gasteiger partial charge on any atom is -0.379 e. The topological polar surface area (TPSA) is 37.5 Å². The molecule has 0 atom stereocenters. The quantitative estimate of drug-likeness (QED) is 0.278. The molecule has 0 spiro atoms. The summed E-state index contributed by atoms with van der Waals surface area (Å²) in [6.45, 7) is 50.4. The Hall–Kier alpha value is -1.06. The maximum atomic E-state index is 5.21. The van der Waals surface area contributed by atoms with E-state index in [1.807, 2.05) is 6.07 Å². The summed E-state index contributed by atoms with van der Waals surface area (Å²) in [4.78, 5) is 12.2. The van der Waals surface area contributed by atoms with Crippen molar-refractivity contribution in [1.82, 2.24) is 29.8 Å². The molecule has 1 aromatic rings. The van der Waals surface area contributed by atoms with Gasteiger partial charge in [-0.1, -0.05) is 136 Å². The van der Waals surface area contributed by atoms with E-state index in [0.29, 0.717) is 18.0 Å². The van der Waals surface area contributed by atoms with E-state index in [-0.39, 0.29) is 0 Å². The predicted octanol–water partition coefficient (Wildman–Crippen LogP) is 14.2. The van der Waals surface area contributed by atoms with Crippen LogP contribution in [0.15, 0.2) is 30.3 Å². The third-order valence-electron chi connectivity index (χ3n) is 15.1. The summed E-state index contributed by atoms with van der Waals surface area (Å²) in [6.07, 6.45) is 20.5. The number of rotatable bonds is 8. The van der Waals surface area contributed by atoms with Gasteiger partial charge in [-0.15, -0.1) is 0 Å². The average Bonchev–Trinajstić information content (AvgIpc) is 4.09. The molecule has 4 heterocycles. The van der Waals surface area contributed by atoms with Crippen molar-refractivity contribution in [3.63, 3.8) is 0 Å². The molecule has 0 amide bonds. The van der Waals surface area contributed by atoms with Gasteiger partial charge in [-0.3, -0.25) is 9.80 Å². The second-order valence-corrected chi connectivity index (χ2v) is 23.2. The van der Waals surface area contributed by atoms with Crippen molar-refractivity contribution in [2.75, 3.05) is 92.8 Å². The van der Waals surface area contributed by atoms with E-state index in [4.69, 9.17) is 4.74 Å². The Morgan fingerprint density at radius 1 is 0.433 bits per heavy atom. The molecule has 0 bridgehead atoms. The van der Waals surface area contributed by atoms with Crippen molar-refractivity contribution in [3.05, 3.63) is 35.9 Å². The van der Waals surface area contributed by atoms with E-state index in [2.05, 4.69) is 179 Å². The molecule has 6 aliphatic rings. The second kappa shape index (κ2) is 41.5. The summed E-state index contributed by atoms with van der Waals surface area (Å²) in [6, 6.07) is 14.2. The minimum atomic E-state index is 0.659. The van der Waals surface area contributed by atoms with E-state index >= 15 is 0 Å². The Morgan fingerprint density at radius 3 is 1.00 bits per heavy atom. The Bertz CT molecular complexity index is 1040. The average molecular weight is 944 g/mol. The molecule has 6 fully saturated rings. The van der Waals surface area contributed by atoms with Gasteiger partial charge in [-0.05, 0) is 170 Å². The highest BCUT2D eigenvalue weighted by molar-refractivity contribution is 5.17. The molecule has 398 valence electrons. The lowest BCUT2D eigenvalue weighted by Gasteiger charge is -2.30. The van der Waals surface area contributed by atoms with Crippen LogP contribution in [0.1, 0.15) is 212 Å². The number of nitrogens with one attached hydrogen (secondary N) is 1. The number of piperidine rings is 1. The number of piperazine rings is 1. The van der Waals surface area contributed by atoms with Gasteiger partial charge in [0, 0.05) is 69.5 Å². The van der Waals surface area contributed by atoms with Crippen LogP contribution in [0.3, 0.4) is 0 Å². The van der Waals surface area contributed by atoms with Crippen molar-refractivity contribution in [2.24, 2.45) is 23.7 Å². The van der Waals surface area contributed by atoms with Gasteiger partial charge in [0.05, 0.1) is 13.2 Å². The molecular weight excluding hydrogens is 821 g/mol. The standard InChI is InChI=1S/C9H18.C9H12.C8H17N.C8H16.C7H16N2.C7H15NO.C7H15N.C5H13N/c3*1-8(2)9-6-4-3-5-7-9;1-7(2)8-5-3-4-6-8;1-7(2)9-5-3-8-4-6-9;1-7(2)8-3-5-9-6-4-8;1-7(2)8-5-3-4-6-8;1-5(2)6(3)4/h8-9H,3-7H2,1-2H3;3-8H,1-2H3;8H,3-7H2,1-2H3;7-8H,3-6H2,1-2H3;7-8H,3-6H2,1-2H3;7H,3-6H2,1-2H3;7H,3-6H2,1-2H3;5H,1-4H3. The zero-order chi connectivity index (χ0) is 50.6. The van der Waals surface area contributed by atoms with E-state index in [1.54, 1.807) is 0 Å². The summed E-state index contributed by atoms with van der Waals surface area (Å²) in [5, 5.41) is 3.33. The fourth-order valence-electron chi connectivity index (χ4n) is 9.25. The van der Waals surface area contributed by atoms with Gasteiger partial charge in [0.1, 0.15) is 0 Å². The molecule has 4 aliphatic heterocycles. The normalized spacial score (nSPS) is 20.2. The molecule has 1 aromatic carbocycles. The number of morpholine rings is 1.